The molecule has 0 atom stereocenters. The molecule has 1 aromatic carbocycles. The van der Waals surface area contributed by atoms with Gasteiger partial charge in [0.1, 0.15) is 5.82 Å². The Kier molecular flexibility index (Phi) is 4.61. The third-order valence-electron chi connectivity index (χ3n) is 5.88. The van der Waals surface area contributed by atoms with Crippen LogP contribution >= 0.6 is 11.6 Å². The predicted octanol–water partition coefficient (Wildman–Crippen LogP) is 4.50. The monoisotopic (exact) mass is 397 g/mol. The maximum atomic E-state index is 13.5. The molecule has 3 aromatic rings. The highest BCUT2D eigenvalue weighted by molar-refractivity contribution is 6.30. The molecule has 2 aliphatic rings. The molecule has 3 heterocycles. The molecule has 1 aliphatic heterocycles. The minimum atomic E-state index is -0.398. The number of benzene rings is 1. The van der Waals surface area contributed by atoms with Crippen LogP contribution in [0.1, 0.15) is 60.4 Å². The molecule has 0 unspecified atom stereocenters. The second-order valence-corrected chi connectivity index (χ2v) is 8.06. The summed E-state index contributed by atoms with van der Waals surface area (Å²) < 4.78 is 15.7. The van der Waals surface area contributed by atoms with E-state index in [-0.39, 0.29) is 0 Å². The Morgan fingerprint density at radius 3 is 2.64 bits per heavy atom. The average Bonchev–Trinajstić information content (AvgIpc) is 3.04. The van der Waals surface area contributed by atoms with E-state index in [2.05, 4.69) is 31.1 Å². The number of hydrogen-bond donors (Lipinski definition) is 1. The minimum Gasteiger partial charge on any atom is -0.306 e. The van der Waals surface area contributed by atoms with Crippen molar-refractivity contribution in [2.75, 3.05) is 0 Å². The summed E-state index contributed by atoms with van der Waals surface area (Å²) in [6, 6.07) is 11.1. The topological polar surface area (TPSA) is 55.6 Å². The van der Waals surface area contributed by atoms with Gasteiger partial charge in [0, 0.05) is 29.1 Å². The van der Waals surface area contributed by atoms with E-state index in [4.69, 9.17) is 11.6 Å². The van der Waals surface area contributed by atoms with Gasteiger partial charge in [0.2, 0.25) is 5.95 Å². The van der Waals surface area contributed by atoms with Crippen molar-refractivity contribution < 1.29 is 4.39 Å². The maximum Gasteiger partial charge on any atom is 0.213 e. The van der Waals surface area contributed by atoms with Crippen molar-refractivity contribution in [3.63, 3.8) is 0 Å². The normalized spacial score (nSPS) is 21.6. The number of halogens is 2. The van der Waals surface area contributed by atoms with E-state index < -0.39 is 5.95 Å². The lowest BCUT2D eigenvalue weighted by Gasteiger charge is -2.28. The van der Waals surface area contributed by atoms with E-state index in [9.17, 15) is 4.39 Å². The molecule has 0 amide bonds. The summed E-state index contributed by atoms with van der Waals surface area (Å²) in [6.07, 6.45) is 3.96. The Morgan fingerprint density at radius 2 is 1.82 bits per heavy atom. The van der Waals surface area contributed by atoms with Gasteiger partial charge in [0.25, 0.3) is 0 Å². The standard InChI is InChI=1S/C21H21ClFN5/c22-16-8-9-18-15(10-16)11-24-12-20-26-27-21(28(18)20)14-6-4-13(5-7-14)17-2-1-3-19(23)25-17/h1-3,8-10,13-14,24H,4-7,11-12H2/t13-,14-. The molecule has 0 bridgehead atoms. The molecule has 2 aromatic heterocycles. The molecule has 7 heteroatoms. The fourth-order valence-corrected chi connectivity index (χ4v) is 4.69. The van der Waals surface area contributed by atoms with Crippen molar-refractivity contribution in [2.45, 2.75) is 50.6 Å². The first kappa shape index (κ1) is 17.8. The number of aromatic nitrogens is 4. The first-order valence-corrected chi connectivity index (χ1v) is 10.1. The average molecular weight is 398 g/mol. The van der Waals surface area contributed by atoms with E-state index in [0.29, 0.717) is 18.4 Å². The van der Waals surface area contributed by atoms with Crippen molar-refractivity contribution in [3.8, 4) is 5.69 Å². The van der Waals surface area contributed by atoms with E-state index in [1.54, 1.807) is 6.07 Å². The quantitative estimate of drug-likeness (QED) is 0.647. The van der Waals surface area contributed by atoms with Crippen LogP contribution in [0, 0.1) is 5.95 Å². The molecule has 5 rings (SSSR count). The van der Waals surface area contributed by atoms with Gasteiger partial charge < -0.3 is 5.32 Å². The van der Waals surface area contributed by atoms with Crippen LogP contribution < -0.4 is 5.32 Å². The predicted molar refractivity (Wildman–Crippen MR) is 105 cm³/mol. The van der Waals surface area contributed by atoms with Gasteiger partial charge in [0.15, 0.2) is 5.82 Å². The fourth-order valence-electron chi connectivity index (χ4n) is 4.49. The summed E-state index contributed by atoms with van der Waals surface area (Å²) in [5.74, 6) is 2.21. The Morgan fingerprint density at radius 1 is 1.00 bits per heavy atom. The summed E-state index contributed by atoms with van der Waals surface area (Å²) in [7, 11) is 0. The van der Waals surface area contributed by atoms with Crippen LogP contribution in [0.2, 0.25) is 5.02 Å². The van der Waals surface area contributed by atoms with Crippen LogP contribution in [0.15, 0.2) is 36.4 Å². The molecule has 1 aliphatic carbocycles. The zero-order valence-electron chi connectivity index (χ0n) is 15.4. The van der Waals surface area contributed by atoms with Gasteiger partial charge in [-0.3, -0.25) is 4.57 Å². The number of fused-ring (bicyclic) bond motifs is 3. The van der Waals surface area contributed by atoms with Gasteiger partial charge in [-0.05, 0) is 61.6 Å². The third kappa shape index (κ3) is 3.20. The zero-order valence-corrected chi connectivity index (χ0v) is 16.2. The summed E-state index contributed by atoms with van der Waals surface area (Å²) >= 11 is 6.20. The lowest BCUT2D eigenvalue weighted by molar-refractivity contribution is 0.374. The molecule has 28 heavy (non-hydrogen) atoms. The van der Waals surface area contributed by atoms with Gasteiger partial charge in [-0.15, -0.1) is 10.2 Å². The molecule has 5 nitrogen and oxygen atoms in total. The van der Waals surface area contributed by atoms with Gasteiger partial charge in [-0.2, -0.15) is 4.39 Å². The van der Waals surface area contributed by atoms with E-state index in [1.165, 1.54) is 6.07 Å². The molecule has 1 N–H and O–H groups in total. The van der Waals surface area contributed by atoms with Crippen molar-refractivity contribution in [1.29, 1.82) is 0 Å². The van der Waals surface area contributed by atoms with Crippen LogP contribution in [-0.4, -0.2) is 19.7 Å². The maximum absolute atomic E-state index is 13.5. The van der Waals surface area contributed by atoms with Crippen LogP contribution in [0.5, 0.6) is 0 Å². The molecule has 0 radical (unpaired) electrons. The summed E-state index contributed by atoms with van der Waals surface area (Å²) in [4.78, 5) is 4.08. The molecule has 1 saturated carbocycles. The third-order valence-corrected chi connectivity index (χ3v) is 6.12. The Labute approximate surface area is 168 Å². The molecule has 1 fully saturated rings. The largest absolute Gasteiger partial charge is 0.306 e. The van der Waals surface area contributed by atoms with E-state index in [0.717, 1.165) is 65.8 Å². The zero-order chi connectivity index (χ0) is 19.1. The van der Waals surface area contributed by atoms with Gasteiger partial charge in [0.05, 0.1) is 12.2 Å². The highest BCUT2D eigenvalue weighted by atomic mass is 35.5. The van der Waals surface area contributed by atoms with Crippen molar-refractivity contribution in [3.05, 3.63) is 70.3 Å². The molecule has 0 spiro atoms. The Balaban J connectivity index is 1.42. The van der Waals surface area contributed by atoms with Gasteiger partial charge >= 0.3 is 0 Å². The molecule has 144 valence electrons. The Hall–Kier alpha value is -2.31. The number of nitrogens with one attached hydrogen (secondary N) is 1. The van der Waals surface area contributed by atoms with Crippen molar-refractivity contribution in [1.82, 2.24) is 25.1 Å². The molecular formula is C21H21ClFN5. The first-order chi connectivity index (χ1) is 13.7. The molecule has 0 saturated heterocycles. The van der Waals surface area contributed by atoms with E-state index >= 15 is 0 Å². The highest BCUT2D eigenvalue weighted by Gasteiger charge is 2.30. The lowest BCUT2D eigenvalue weighted by Crippen LogP contribution is -2.17. The van der Waals surface area contributed by atoms with Crippen LogP contribution in [-0.2, 0) is 13.1 Å². The van der Waals surface area contributed by atoms with Crippen LogP contribution in [0.4, 0.5) is 4.39 Å². The summed E-state index contributed by atoms with van der Waals surface area (Å²) in [5.41, 5.74) is 3.13. The fraction of sp³-hybridized carbons (Fsp3) is 0.381. The second-order valence-electron chi connectivity index (χ2n) is 7.62. The van der Waals surface area contributed by atoms with Crippen molar-refractivity contribution in [2.24, 2.45) is 0 Å². The molecular weight excluding hydrogens is 377 g/mol. The number of rotatable bonds is 2. The summed E-state index contributed by atoms with van der Waals surface area (Å²) in [6.45, 7) is 1.44. The van der Waals surface area contributed by atoms with Crippen LogP contribution in [0.3, 0.4) is 0 Å². The number of hydrogen-bond acceptors (Lipinski definition) is 4. The van der Waals surface area contributed by atoms with E-state index in [1.807, 2.05) is 18.2 Å². The highest BCUT2D eigenvalue weighted by Crippen LogP contribution is 2.40. The second kappa shape index (κ2) is 7.26. The van der Waals surface area contributed by atoms with Gasteiger partial charge in [-0.1, -0.05) is 17.7 Å². The first-order valence-electron chi connectivity index (χ1n) is 9.75. The van der Waals surface area contributed by atoms with Gasteiger partial charge in [-0.25, -0.2) is 4.98 Å². The van der Waals surface area contributed by atoms with Crippen LogP contribution in [0.25, 0.3) is 5.69 Å². The minimum absolute atomic E-state index is 0.311. The van der Waals surface area contributed by atoms with Crippen molar-refractivity contribution >= 4 is 11.6 Å². The number of pyridine rings is 1. The lowest BCUT2D eigenvalue weighted by atomic mass is 9.80. The Bertz CT molecular complexity index is 1010. The smallest absolute Gasteiger partial charge is 0.213 e. The summed E-state index contributed by atoms with van der Waals surface area (Å²) in [5, 5.41) is 13.2. The number of nitrogens with zero attached hydrogens (tertiary/aromatic N) is 4. The SMILES string of the molecule is Fc1cccc([C@H]2CC[C@H](c3nnc4n3-c3ccc(Cl)cc3CNC4)CC2)n1.